The van der Waals surface area contributed by atoms with E-state index in [1.165, 1.54) is 0 Å². The van der Waals surface area contributed by atoms with E-state index >= 15 is 0 Å². The number of ether oxygens (including phenoxy) is 2. The minimum absolute atomic E-state index is 0.585. The number of tetrazole rings is 1. The molecule has 0 aliphatic rings. The van der Waals surface area contributed by atoms with Gasteiger partial charge in [0.15, 0.2) is 5.65 Å². The van der Waals surface area contributed by atoms with Crippen molar-refractivity contribution in [2.24, 2.45) is 0 Å². The van der Waals surface area contributed by atoms with Crippen molar-refractivity contribution in [2.45, 2.75) is 0 Å². The first kappa shape index (κ1) is 11.7. The van der Waals surface area contributed by atoms with Crippen LogP contribution in [0, 0.1) is 0 Å². The molecule has 0 unspecified atom stereocenters. The quantitative estimate of drug-likeness (QED) is 0.656. The molecule has 2 aromatic heterocycles. The summed E-state index contributed by atoms with van der Waals surface area (Å²) in [5, 5.41) is 14.3. The Bertz CT molecular complexity index is 459. The molecule has 92 valence electrons. The van der Waals surface area contributed by atoms with Gasteiger partial charge in [0.2, 0.25) is 0 Å². The summed E-state index contributed by atoms with van der Waals surface area (Å²) in [6.45, 7) is 2.43. The average Bonchev–Trinajstić information content (AvgIpc) is 2.82. The molecule has 0 bridgehead atoms. The SMILES string of the molecule is COCCOCCNc1cncc2nnnn12. The van der Waals surface area contributed by atoms with Crippen LogP contribution >= 0.6 is 0 Å². The van der Waals surface area contributed by atoms with Gasteiger partial charge in [-0.25, -0.2) is 0 Å². The number of rotatable bonds is 7. The number of nitrogens with one attached hydrogen (secondary N) is 1. The fourth-order valence-corrected chi connectivity index (χ4v) is 1.29. The number of nitrogens with zero attached hydrogens (tertiary/aromatic N) is 5. The van der Waals surface area contributed by atoms with Crippen molar-refractivity contribution >= 4 is 11.5 Å². The lowest BCUT2D eigenvalue weighted by molar-refractivity contribution is 0.0759. The van der Waals surface area contributed by atoms with Crippen molar-refractivity contribution in [3.8, 4) is 0 Å². The highest BCUT2D eigenvalue weighted by Gasteiger charge is 2.02. The van der Waals surface area contributed by atoms with Crippen LogP contribution in [0.2, 0.25) is 0 Å². The molecule has 0 atom stereocenters. The fraction of sp³-hybridized carbons (Fsp3) is 0.556. The molecule has 8 heteroatoms. The number of hydrogen-bond acceptors (Lipinski definition) is 7. The molecular weight excluding hydrogens is 224 g/mol. The van der Waals surface area contributed by atoms with Crippen LogP contribution in [0.3, 0.4) is 0 Å². The molecule has 0 fully saturated rings. The molecule has 0 radical (unpaired) electrons. The molecule has 17 heavy (non-hydrogen) atoms. The third kappa shape index (κ3) is 3.08. The van der Waals surface area contributed by atoms with Gasteiger partial charge in [-0.15, -0.1) is 5.10 Å². The summed E-state index contributed by atoms with van der Waals surface area (Å²) >= 11 is 0. The van der Waals surface area contributed by atoms with Gasteiger partial charge >= 0.3 is 0 Å². The predicted molar refractivity (Wildman–Crippen MR) is 59.8 cm³/mol. The molecule has 0 aromatic carbocycles. The molecular formula is C9H14N6O2. The molecule has 2 aromatic rings. The maximum atomic E-state index is 5.32. The lowest BCUT2D eigenvalue weighted by Gasteiger charge is -2.07. The zero-order valence-corrected chi connectivity index (χ0v) is 9.54. The Morgan fingerprint density at radius 3 is 3.12 bits per heavy atom. The minimum atomic E-state index is 0.585. The number of aromatic nitrogens is 5. The number of anilines is 1. The Morgan fingerprint density at radius 1 is 1.29 bits per heavy atom. The first-order valence-corrected chi connectivity index (χ1v) is 5.24. The fourth-order valence-electron chi connectivity index (χ4n) is 1.29. The third-order valence-corrected chi connectivity index (χ3v) is 2.09. The van der Waals surface area contributed by atoms with E-state index in [4.69, 9.17) is 9.47 Å². The minimum Gasteiger partial charge on any atom is -0.382 e. The second-order valence-electron chi connectivity index (χ2n) is 3.27. The van der Waals surface area contributed by atoms with E-state index in [9.17, 15) is 0 Å². The van der Waals surface area contributed by atoms with E-state index in [2.05, 4.69) is 25.8 Å². The summed E-state index contributed by atoms with van der Waals surface area (Å²) in [5.41, 5.74) is 0.607. The molecule has 2 rings (SSSR count). The van der Waals surface area contributed by atoms with Gasteiger partial charge in [0, 0.05) is 13.7 Å². The highest BCUT2D eigenvalue weighted by Crippen LogP contribution is 2.04. The monoisotopic (exact) mass is 238 g/mol. The van der Waals surface area contributed by atoms with Crippen molar-refractivity contribution < 1.29 is 9.47 Å². The van der Waals surface area contributed by atoms with Gasteiger partial charge in [-0.2, -0.15) is 4.52 Å². The van der Waals surface area contributed by atoms with E-state index in [0.717, 1.165) is 5.82 Å². The van der Waals surface area contributed by atoms with Gasteiger partial charge in [-0.3, -0.25) is 4.98 Å². The van der Waals surface area contributed by atoms with Crippen LogP contribution in [-0.2, 0) is 9.47 Å². The summed E-state index contributed by atoms with van der Waals surface area (Å²) in [7, 11) is 1.64. The van der Waals surface area contributed by atoms with Gasteiger partial charge < -0.3 is 14.8 Å². The van der Waals surface area contributed by atoms with E-state index < -0.39 is 0 Å². The van der Waals surface area contributed by atoms with Gasteiger partial charge in [-0.05, 0) is 10.4 Å². The zero-order valence-electron chi connectivity index (χ0n) is 9.54. The maximum Gasteiger partial charge on any atom is 0.199 e. The van der Waals surface area contributed by atoms with Crippen molar-refractivity contribution in [1.82, 2.24) is 25.0 Å². The molecule has 0 aliphatic heterocycles. The molecule has 2 heterocycles. The second-order valence-corrected chi connectivity index (χ2v) is 3.27. The number of fused-ring (bicyclic) bond motifs is 1. The maximum absolute atomic E-state index is 5.32. The number of hydrogen-bond donors (Lipinski definition) is 1. The lowest BCUT2D eigenvalue weighted by atomic mass is 10.6. The summed E-state index contributed by atoms with van der Waals surface area (Å²) in [6, 6.07) is 0. The zero-order chi connectivity index (χ0) is 11.9. The molecule has 0 amide bonds. The van der Waals surface area contributed by atoms with E-state index in [-0.39, 0.29) is 0 Å². The predicted octanol–water partition coefficient (Wildman–Crippen LogP) is -0.406. The molecule has 0 saturated heterocycles. The van der Waals surface area contributed by atoms with E-state index in [1.807, 2.05) is 0 Å². The average molecular weight is 238 g/mol. The van der Waals surface area contributed by atoms with Crippen LogP contribution in [0.1, 0.15) is 0 Å². The summed E-state index contributed by atoms with van der Waals surface area (Å²) in [4.78, 5) is 4.03. The van der Waals surface area contributed by atoms with Crippen LogP contribution in [0.25, 0.3) is 5.65 Å². The van der Waals surface area contributed by atoms with Gasteiger partial charge in [-0.1, -0.05) is 0 Å². The molecule has 0 spiro atoms. The largest absolute Gasteiger partial charge is 0.382 e. The molecule has 0 saturated carbocycles. The standard InChI is InChI=1S/C9H14N6O2/c1-16-4-5-17-3-2-11-8-6-10-7-9-12-13-14-15(8)9/h6-7,11H,2-5H2,1H3. The highest BCUT2D eigenvalue weighted by molar-refractivity contribution is 5.43. The van der Waals surface area contributed by atoms with Gasteiger partial charge in [0.1, 0.15) is 5.82 Å². The van der Waals surface area contributed by atoms with Crippen LogP contribution < -0.4 is 5.32 Å². The smallest absolute Gasteiger partial charge is 0.199 e. The second kappa shape index (κ2) is 6.06. The molecule has 1 N–H and O–H groups in total. The Balaban J connectivity index is 1.80. The first-order valence-electron chi connectivity index (χ1n) is 5.24. The van der Waals surface area contributed by atoms with Gasteiger partial charge in [0.25, 0.3) is 0 Å². The van der Waals surface area contributed by atoms with Crippen LogP contribution in [0.4, 0.5) is 5.82 Å². The van der Waals surface area contributed by atoms with E-state index in [0.29, 0.717) is 32.0 Å². The van der Waals surface area contributed by atoms with Crippen LogP contribution in [0.5, 0.6) is 0 Å². The summed E-state index contributed by atoms with van der Waals surface area (Å²) < 4.78 is 11.8. The highest BCUT2D eigenvalue weighted by atomic mass is 16.5. The van der Waals surface area contributed by atoms with Crippen molar-refractivity contribution in [3.63, 3.8) is 0 Å². The topological polar surface area (TPSA) is 86.5 Å². The van der Waals surface area contributed by atoms with Crippen LogP contribution in [-0.4, -0.2) is 58.5 Å². The Morgan fingerprint density at radius 2 is 2.24 bits per heavy atom. The Kier molecular flexibility index (Phi) is 4.17. The van der Waals surface area contributed by atoms with Gasteiger partial charge in [0.05, 0.1) is 32.2 Å². The molecule has 8 nitrogen and oxygen atoms in total. The number of methoxy groups -OCH3 is 1. The third-order valence-electron chi connectivity index (χ3n) is 2.09. The van der Waals surface area contributed by atoms with Crippen molar-refractivity contribution in [3.05, 3.63) is 12.4 Å². The first-order chi connectivity index (χ1) is 8.42. The molecule has 0 aliphatic carbocycles. The Hall–Kier alpha value is -1.80. The Labute approximate surface area is 97.9 Å². The van der Waals surface area contributed by atoms with Crippen molar-refractivity contribution in [1.29, 1.82) is 0 Å². The van der Waals surface area contributed by atoms with Crippen molar-refractivity contribution in [2.75, 3.05) is 38.8 Å². The lowest BCUT2D eigenvalue weighted by Crippen LogP contribution is -2.14. The summed E-state index contributed by atoms with van der Waals surface area (Å²) in [6.07, 6.45) is 3.26. The normalized spacial score (nSPS) is 10.9. The van der Waals surface area contributed by atoms with E-state index in [1.54, 1.807) is 24.0 Å². The summed E-state index contributed by atoms with van der Waals surface area (Å²) in [5.74, 6) is 0.739. The van der Waals surface area contributed by atoms with Crippen LogP contribution in [0.15, 0.2) is 12.4 Å².